The van der Waals surface area contributed by atoms with E-state index in [0.29, 0.717) is 18.9 Å². The zero-order chi connectivity index (χ0) is 17.1. The summed E-state index contributed by atoms with van der Waals surface area (Å²) < 4.78 is 5.33. The molecule has 24 heavy (non-hydrogen) atoms. The number of fused-ring (bicyclic) bond motifs is 1. The third-order valence-corrected chi connectivity index (χ3v) is 5.70. The van der Waals surface area contributed by atoms with Gasteiger partial charge in [-0.1, -0.05) is 6.07 Å². The molecule has 1 aromatic rings. The predicted molar refractivity (Wildman–Crippen MR) is 94.3 cm³/mol. The Morgan fingerprint density at radius 1 is 1.38 bits per heavy atom. The maximum atomic E-state index is 12.8. The van der Waals surface area contributed by atoms with Crippen molar-refractivity contribution in [2.24, 2.45) is 5.92 Å². The molecule has 1 aliphatic heterocycles. The van der Waals surface area contributed by atoms with Gasteiger partial charge in [-0.15, -0.1) is 0 Å². The minimum Gasteiger partial charge on any atom is -0.497 e. The average molecular weight is 331 g/mol. The monoisotopic (exact) mass is 331 g/mol. The first kappa shape index (κ1) is 17.3. The summed E-state index contributed by atoms with van der Waals surface area (Å²) in [4.78, 5) is 14.8. The van der Waals surface area contributed by atoms with Crippen molar-refractivity contribution in [3.63, 3.8) is 0 Å². The Morgan fingerprint density at radius 2 is 2.21 bits per heavy atom. The number of aliphatic hydroxyl groups is 1. The molecule has 0 aromatic heterocycles. The molecule has 0 spiro atoms. The maximum absolute atomic E-state index is 12.8. The number of amides is 1. The zero-order valence-electron chi connectivity index (χ0n) is 14.8. The molecule has 1 aromatic carbocycles. The number of likely N-dealkylation sites (tertiary alicyclic amines) is 1. The molecule has 132 valence electrons. The molecule has 3 atom stereocenters. The highest BCUT2D eigenvalue weighted by Crippen LogP contribution is 2.36. The number of carbonyl (C=O) groups is 1. The van der Waals surface area contributed by atoms with Crippen LogP contribution in [0.2, 0.25) is 0 Å². The van der Waals surface area contributed by atoms with Gasteiger partial charge in [0, 0.05) is 25.4 Å². The van der Waals surface area contributed by atoms with E-state index in [0.717, 1.165) is 44.4 Å². The number of carbonyl (C=O) groups excluding carboxylic acids is 1. The van der Waals surface area contributed by atoms with Gasteiger partial charge in [-0.25, -0.2) is 0 Å². The number of rotatable bonds is 4. The Labute approximate surface area is 144 Å². The maximum Gasteiger partial charge on any atom is 0.223 e. The molecule has 3 unspecified atom stereocenters. The van der Waals surface area contributed by atoms with E-state index < -0.39 is 0 Å². The van der Waals surface area contributed by atoms with Crippen LogP contribution in [0, 0.1) is 5.92 Å². The van der Waals surface area contributed by atoms with Crippen molar-refractivity contribution in [3.05, 3.63) is 29.3 Å². The highest BCUT2D eigenvalue weighted by atomic mass is 16.5. The van der Waals surface area contributed by atoms with Crippen molar-refractivity contribution in [2.45, 2.75) is 57.5 Å². The normalized spacial score (nSPS) is 25.0. The van der Waals surface area contributed by atoms with E-state index in [-0.39, 0.29) is 17.9 Å². The lowest BCUT2D eigenvalue weighted by Gasteiger charge is -2.35. The Bertz CT molecular complexity index is 584. The SMILES string of the molecule is COc1ccc2c(c1)CCCC2CC(=O)N1CCCC(C(C)O)C1. The van der Waals surface area contributed by atoms with Gasteiger partial charge in [-0.3, -0.25) is 4.79 Å². The van der Waals surface area contributed by atoms with Crippen LogP contribution in [0.15, 0.2) is 18.2 Å². The zero-order valence-corrected chi connectivity index (χ0v) is 14.8. The van der Waals surface area contributed by atoms with Crippen molar-refractivity contribution >= 4 is 5.91 Å². The number of nitrogens with zero attached hydrogens (tertiary/aromatic N) is 1. The van der Waals surface area contributed by atoms with Gasteiger partial charge in [-0.05, 0) is 68.2 Å². The Balaban J connectivity index is 1.67. The number of piperidine rings is 1. The van der Waals surface area contributed by atoms with Crippen LogP contribution < -0.4 is 4.74 Å². The van der Waals surface area contributed by atoms with Crippen LogP contribution in [0.3, 0.4) is 0 Å². The summed E-state index contributed by atoms with van der Waals surface area (Å²) in [6, 6.07) is 6.27. The van der Waals surface area contributed by atoms with Gasteiger partial charge in [-0.2, -0.15) is 0 Å². The Hall–Kier alpha value is -1.55. The Kier molecular flexibility index (Phi) is 5.44. The van der Waals surface area contributed by atoms with E-state index in [4.69, 9.17) is 4.74 Å². The molecular formula is C20H29NO3. The number of hydrogen-bond donors (Lipinski definition) is 1. The molecule has 1 amide bonds. The lowest BCUT2D eigenvalue weighted by Crippen LogP contribution is -2.43. The first-order valence-corrected chi connectivity index (χ1v) is 9.21. The van der Waals surface area contributed by atoms with Crippen LogP contribution in [0.1, 0.15) is 56.1 Å². The first-order chi connectivity index (χ1) is 11.6. The summed E-state index contributed by atoms with van der Waals surface area (Å²) in [6.45, 7) is 3.38. The lowest BCUT2D eigenvalue weighted by molar-refractivity contribution is -0.134. The highest BCUT2D eigenvalue weighted by molar-refractivity contribution is 5.77. The first-order valence-electron chi connectivity index (χ1n) is 9.21. The molecule has 4 heteroatoms. The topological polar surface area (TPSA) is 49.8 Å². The summed E-state index contributed by atoms with van der Waals surface area (Å²) in [5.74, 6) is 1.69. The second-order valence-corrected chi connectivity index (χ2v) is 7.34. The predicted octanol–water partition coefficient (Wildman–Crippen LogP) is 3.12. The molecule has 1 heterocycles. The van der Waals surface area contributed by atoms with Gasteiger partial charge in [0.2, 0.25) is 5.91 Å². The van der Waals surface area contributed by atoms with Crippen LogP contribution in [0.5, 0.6) is 5.75 Å². The van der Waals surface area contributed by atoms with E-state index in [1.165, 1.54) is 11.1 Å². The second-order valence-electron chi connectivity index (χ2n) is 7.34. The smallest absolute Gasteiger partial charge is 0.223 e. The fraction of sp³-hybridized carbons (Fsp3) is 0.650. The molecule has 2 aliphatic rings. The minimum atomic E-state index is -0.330. The number of hydrogen-bond acceptors (Lipinski definition) is 3. The molecule has 0 radical (unpaired) electrons. The summed E-state index contributed by atoms with van der Waals surface area (Å²) in [5, 5.41) is 9.83. The van der Waals surface area contributed by atoms with Gasteiger partial charge >= 0.3 is 0 Å². The van der Waals surface area contributed by atoms with Gasteiger partial charge in [0.05, 0.1) is 13.2 Å². The fourth-order valence-corrected chi connectivity index (χ4v) is 4.20. The molecule has 1 N–H and O–H groups in total. The van der Waals surface area contributed by atoms with Crippen LogP contribution >= 0.6 is 0 Å². The van der Waals surface area contributed by atoms with E-state index in [1.807, 2.05) is 17.9 Å². The van der Waals surface area contributed by atoms with Gasteiger partial charge in [0.1, 0.15) is 5.75 Å². The molecule has 1 fully saturated rings. The quantitative estimate of drug-likeness (QED) is 0.922. The summed E-state index contributed by atoms with van der Waals surface area (Å²) in [6.07, 6.45) is 5.57. The molecular weight excluding hydrogens is 302 g/mol. The third kappa shape index (κ3) is 3.75. The number of aliphatic hydroxyl groups excluding tert-OH is 1. The number of aryl methyl sites for hydroxylation is 1. The molecule has 1 saturated heterocycles. The van der Waals surface area contributed by atoms with Gasteiger partial charge < -0.3 is 14.7 Å². The summed E-state index contributed by atoms with van der Waals surface area (Å²) in [5.41, 5.74) is 2.65. The molecule has 3 rings (SSSR count). The van der Waals surface area contributed by atoms with Crippen molar-refractivity contribution < 1.29 is 14.6 Å². The summed E-state index contributed by atoms with van der Waals surface area (Å²) in [7, 11) is 1.69. The van der Waals surface area contributed by atoms with Crippen LogP contribution in [0.4, 0.5) is 0 Å². The van der Waals surface area contributed by atoms with Crippen LogP contribution in [-0.4, -0.2) is 42.2 Å². The van der Waals surface area contributed by atoms with Crippen molar-refractivity contribution in [2.75, 3.05) is 20.2 Å². The molecule has 0 saturated carbocycles. The van der Waals surface area contributed by atoms with Crippen LogP contribution in [0.25, 0.3) is 0 Å². The molecule has 0 bridgehead atoms. The van der Waals surface area contributed by atoms with E-state index >= 15 is 0 Å². The standard InChI is InChI=1S/C20H29NO3/c1-14(22)17-7-4-10-21(13-17)20(23)12-16-6-3-5-15-11-18(24-2)8-9-19(15)16/h8-9,11,14,16-17,22H,3-7,10,12-13H2,1-2H3. The van der Waals surface area contributed by atoms with Crippen molar-refractivity contribution in [1.82, 2.24) is 4.90 Å². The van der Waals surface area contributed by atoms with E-state index in [2.05, 4.69) is 12.1 Å². The van der Waals surface area contributed by atoms with Crippen molar-refractivity contribution in [3.8, 4) is 5.75 Å². The minimum absolute atomic E-state index is 0.227. The number of ether oxygens (including phenoxy) is 1. The number of methoxy groups -OCH3 is 1. The second kappa shape index (κ2) is 7.56. The van der Waals surface area contributed by atoms with E-state index in [1.54, 1.807) is 7.11 Å². The Morgan fingerprint density at radius 3 is 2.96 bits per heavy atom. The molecule has 1 aliphatic carbocycles. The largest absolute Gasteiger partial charge is 0.497 e. The van der Waals surface area contributed by atoms with Gasteiger partial charge in [0.15, 0.2) is 0 Å². The van der Waals surface area contributed by atoms with Crippen LogP contribution in [-0.2, 0) is 11.2 Å². The lowest BCUT2D eigenvalue weighted by atomic mass is 9.80. The summed E-state index contributed by atoms with van der Waals surface area (Å²) >= 11 is 0. The number of benzene rings is 1. The van der Waals surface area contributed by atoms with Crippen molar-refractivity contribution in [1.29, 1.82) is 0 Å². The fourth-order valence-electron chi connectivity index (χ4n) is 4.20. The highest BCUT2D eigenvalue weighted by Gasteiger charge is 2.29. The molecule has 4 nitrogen and oxygen atoms in total. The third-order valence-electron chi connectivity index (χ3n) is 5.70. The average Bonchev–Trinajstić information content (AvgIpc) is 2.61. The van der Waals surface area contributed by atoms with Gasteiger partial charge in [0.25, 0.3) is 0 Å². The van der Waals surface area contributed by atoms with E-state index in [9.17, 15) is 9.90 Å².